The number of nitrogens with zero attached hydrogens (tertiary/aromatic N) is 2. The third kappa shape index (κ3) is 8.98. The molecule has 0 aromatic rings. The maximum atomic E-state index is 11.6. The normalized spacial score (nSPS) is 20.2. The summed E-state index contributed by atoms with van der Waals surface area (Å²) < 4.78 is 0. The van der Waals surface area contributed by atoms with E-state index in [1.807, 2.05) is 13.8 Å². The molecule has 0 atom stereocenters. The van der Waals surface area contributed by atoms with Crippen LogP contribution in [0.2, 0.25) is 0 Å². The number of piperidine rings is 1. The van der Waals surface area contributed by atoms with E-state index >= 15 is 0 Å². The second-order valence-corrected chi connectivity index (χ2v) is 7.95. The van der Waals surface area contributed by atoms with Crippen LogP contribution in [0.4, 0.5) is 0 Å². The first-order valence-corrected chi connectivity index (χ1v) is 10.7. The highest BCUT2D eigenvalue weighted by atomic mass is 127. The van der Waals surface area contributed by atoms with Gasteiger partial charge in [-0.05, 0) is 32.6 Å². The molecule has 0 aromatic carbocycles. The molecule has 6 nitrogen and oxygen atoms in total. The number of rotatable bonds is 7. The zero-order valence-electron chi connectivity index (χ0n) is 17.4. The molecule has 7 heteroatoms. The molecule has 0 aromatic heterocycles. The smallest absolute Gasteiger partial charge is 0.222 e. The van der Waals surface area contributed by atoms with E-state index in [2.05, 4.69) is 32.8 Å². The van der Waals surface area contributed by atoms with Crippen LogP contribution in [0.5, 0.6) is 0 Å². The largest absolute Gasteiger partial charge is 0.357 e. The monoisotopic (exact) mass is 493 g/mol. The zero-order valence-corrected chi connectivity index (χ0v) is 19.8. The number of amides is 1. The van der Waals surface area contributed by atoms with Gasteiger partial charge in [0.25, 0.3) is 0 Å². The van der Waals surface area contributed by atoms with Gasteiger partial charge in [0.1, 0.15) is 0 Å². The number of carbonyl (C=O) groups excluding carboxylic acids is 1. The van der Waals surface area contributed by atoms with Crippen molar-refractivity contribution in [3.63, 3.8) is 0 Å². The van der Waals surface area contributed by atoms with Crippen molar-refractivity contribution in [2.24, 2.45) is 10.9 Å². The zero-order chi connectivity index (χ0) is 18.8. The van der Waals surface area contributed by atoms with Crippen LogP contribution in [0.15, 0.2) is 4.99 Å². The van der Waals surface area contributed by atoms with E-state index in [1.54, 1.807) is 0 Å². The van der Waals surface area contributed by atoms with Crippen molar-refractivity contribution in [2.75, 3.05) is 32.7 Å². The first-order chi connectivity index (χ1) is 12.6. The Balaban J connectivity index is 0.00000364. The molecule has 3 N–H and O–H groups in total. The summed E-state index contributed by atoms with van der Waals surface area (Å²) in [4.78, 5) is 18.9. The first-order valence-electron chi connectivity index (χ1n) is 10.7. The van der Waals surface area contributed by atoms with E-state index in [9.17, 15) is 4.79 Å². The summed E-state index contributed by atoms with van der Waals surface area (Å²) in [6, 6.07) is 1.33. The van der Waals surface area contributed by atoms with Crippen molar-refractivity contribution in [1.82, 2.24) is 20.9 Å². The Morgan fingerprint density at radius 1 is 1.07 bits per heavy atom. The molecule has 1 saturated carbocycles. The number of likely N-dealkylation sites (tertiary alicyclic amines) is 1. The van der Waals surface area contributed by atoms with Gasteiger partial charge in [-0.25, -0.2) is 0 Å². The summed E-state index contributed by atoms with van der Waals surface area (Å²) in [5.41, 5.74) is 0. The molecule has 0 spiro atoms. The molecule has 2 rings (SSSR count). The molecule has 1 aliphatic heterocycles. The predicted molar refractivity (Wildman–Crippen MR) is 124 cm³/mol. The lowest BCUT2D eigenvalue weighted by molar-refractivity contribution is -0.123. The molecule has 27 heavy (non-hydrogen) atoms. The van der Waals surface area contributed by atoms with Gasteiger partial charge in [0, 0.05) is 44.2 Å². The number of hydrogen-bond donors (Lipinski definition) is 3. The summed E-state index contributed by atoms with van der Waals surface area (Å²) in [6.45, 7) is 10.4. The highest BCUT2D eigenvalue weighted by Crippen LogP contribution is 2.25. The fourth-order valence-electron chi connectivity index (χ4n) is 3.92. The van der Waals surface area contributed by atoms with Gasteiger partial charge in [-0.15, -0.1) is 24.0 Å². The Kier molecular flexibility index (Phi) is 12.3. The molecular weight excluding hydrogens is 453 g/mol. The van der Waals surface area contributed by atoms with E-state index in [0.29, 0.717) is 19.1 Å². The first kappa shape index (κ1) is 24.5. The lowest BCUT2D eigenvalue weighted by atomic mass is 9.92. The lowest BCUT2D eigenvalue weighted by Gasteiger charge is -2.39. The molecule has 1 saturated heterocycles. The summed E-state index contributed by atoms with van der Waals surface area (Å²) in [7, 11) is 0. The molecule has 0 bridgehead atoms. The predicted octanol–water partition coefficient (Wildman–Crippen LogP) is 2.73. The fourth-order valence-corrected chi connectivity index (χ4v) is 3.92. The van der Waals surface area contributed by atoms with Gasteiger partial charge in [-0.3, -0.25) is 9.79 Å². The summed E-state index contributed by atoms with van der Waals surface area (Å²) in [6.07, 6.45) is 9.40. The summed E-state index contributed by atoms with van der Waals surface area (Å²) >= 11 is 0. The van der Waals surface area contributed by atoms with Crippen LogP contribution >= 0.6 is 24.0 Å². The molecule has 0 unspecified atom stereocenters. The number of carbonyl (C=O) groups is 1. The molecule has 1 aliphatic carbocycles. The Morgan fingerprint density at radius 2 is 1.74 bits per heavy atom. The van der Waals surface area contributed by atoms with Crippen molar-refractivity contribution < 1.29 is 4.79 Å². The van der Waals surface area contributed by atoms with Gasteiger partial charge in [0.05, 0.1) is 6.54 Å². The second-order valence-electron chi connectivity index (χ2n) is 7.95. The number of halogens is 1. The van der Waals surface area contributed by atoms with Crippen molar-refractivity contribution >= 4 is 35.8 Å². The Bertz CT molecular complexity index is 444. The van der Waals surface area contributed by atoms with Gasteiger partial charge in [0.15, 0.2) is 5.96 Å². The molecule has 1 heterocycles. The van der Waals surface area contributed by atoms with E-state index < -0.39 is 0 Å². The Morgan fingerprint density at radius 3 is 2.33 bits per heavy atom. The van der Waals surface area contributed by atoms with E-state index in [4.69, 9.17) is 0 Å². The minimum atomic E-state index is 0. The highest BCUT2D eigenvalue weighted by Gasteiger charge is 2.26. The Hall–Kier alpha value is -0.570. The van der Waals surface area contributed by atoms with E-state index in [-0.39, 0.29) is 35.8 Å². The summed E-state index contributed by atoms with van der Waals surface area (Å²) in [5, 5.41) is 9.84. The molecule has 0 radical (unpaired) electrons. The van der Waals surface area contributed by atoms with Crippen molar-refractivity contribution in [1.29, 1.82) is 0 Å². The van der Waals surface area contributed by atoms with Crippen LogP contribution in [0.3, 0.4) is 0 Å². The quantitative estimate of drug-likeness (QED) is 0.221. The van der Waals surface area contributed by atoms with Crippen LogP contribution in [0.1, 0.15) is 65.7 Å². The van der Waals surface area contributed by atoms with Crippen LogP contribution in [-0.2, 0) is 4.79 Å². The molecule has 158 valence electrons. The molecule has 1 amide bonds. The average Bonchev–Trinajstić information content (AvgIpc) is 2.66. The second kappa shape index (κ2) is 13.6. The fraction of sp³-hybridized carbons (Fsp3) is 0.900. The van der Waals surface area contributed by atoms with Gasteiger partial charge < -0.3 is 20.9 Å². The molecule has 2 fully saturated rings. The number of aliphatic imine (C=N–C) groups is 1. The third-order valence-electron chi connectivity index (χ3n) is 5.51. The number of hydrogen-bond acceptors (Lipinski definition) is 3. The van der Waals surface area contributed by atoms with E-state index in [0.717, 1.165) is 18.5 Å². The summed E-state index contributed by atoms with van der Waals surface area (Å²) in [5.74, 6) is 0.996. The molecular formula is C20H40IN5O. The van der Waals surface area contributed by atoms with Crippen LogP contribution in [0.25, 0.3) is 0 Å². The standard InChI is InChI=1S/C20H39N5O.HI/c1-4-21-20(23-13-12-22-19(26)16(2)3)24-17-10-14-25(15-11-17)18-8-6-5-7-9-18;/h16-18H,4-15H2,1-3H3,(H,22,26)(H2,21,23,24);1H. The van der Waals surface area contributed by atoms with Crippen LogP contribution < -0.4 is 16.0 Å². The van der Waals surface area contributed by atoms with Gasteiger partial charge >= 0.3 is 0 Å². The van der Waals surface area contributed by atoms with Crippen molar-refractivity contribution in [2.45, 2.75) is 77.8 Å². The average molecular weight is 493 g/mol. The Labute approximate surface area is 182 Å². The maximum Gasteiger partial charge on any atom is 0.222 e. The van der Waals surface area contributed by atoms with Gasteiger partial charge in [-0.1, -0.05) is 33.1 Å². The van der Waals surface area contributed by atoms with Crippen molar-refractivity contribution in [3.05, 3.63) is 0 Å². The maximum absolute atomic E-state index is 11.6. The van der Waals surface area contributed by atoms with Crippen molar-refractivity contribution in [3.8, 4) is 0 Å². The minimum Gasteiger partial charge on any atom is -0.357 e. The van der Waals surface area contributed by atoms with Gasteiger partial charge in [-0.2, -0.15) is 0 Å². The van der Waals surface area contributed by atoms with Gasteiger partial charge in [0.2, 0.25) is 5.91 Å². The number of nitrogens with one attached hydrogen (secondary N) is 3. The van der Waals surface area contributed by atoms with Crippen LogP contribution in [0, 0.1) is 5.92 Å². The lowest BCUT2D eigenvalue weighted by Crippen LogP contribution is -2.51. The molecule has 2 aliphatic rings. The SMILES string of the molecule is CCNC(=NCCNC(=O)C(C)C)NC1CCN(C2CCCCC2)CC1.I. The number of guanidine groups is 1. The van der Waals surface area contributed by atoms with Crippen LogP contribution in [-0.4, -0.2) is 61.6 Å². The highest BCUT2D eigenvalue weighted by molar-refractivity contribution is 14.0. The minimum absolute atomic E-state index is 0. The van der Waals surface area contributed by atoms with E-state index in [1.165, 1.54) is 58.0 Å². The third-order valence-corrected chi connectivity index (χ3v) is 5.51. The topological polar surface area (TPSA) is 68.8 Å².